The number of aromatic nitrogens is 2. The number of benzene rings is 2. The van der Waals surface area contributed by atoms with Gasteiger partial charge in [-0.25, -0.2) is 9.48 Å². The highest BCUT2D eigenvalue weighted by molar-refractivity contribution is 5.91. The SMILES string of the molecule is COc1ccccc1CNC(=O)COC(=O)c1ccc(-n2nccc2C)cc1. The van der Waals surface area contributed by atoms with Crippen molar-refractivity contribution in [3.05, 3.63) is 77.6 Å². The molecule has 0 aliphatic carbocycles. The van der Waals surface area contributed by atoms with Crippen LogP contribution in [0.1, 0.15) is 21.6 Å². The number of nitrogens with one attached hydrogen (secondary N) is 1. The van der Waals surface area contributed by atoms with E-state index in [1.165, 1.54) is 0 Å². The van der Waals surface area contributed by atoms with Crippen molar-refractivity contribution in [2.24, 2.45) is 0 Å². The van der Waals surface area contributed by atoms with Crippen LogP contribution in [0.2, 0.25) is 0 Å². The first-order chi connectivity index (χ1) is 13.6. The van der Waals surface area contributed by atoms with Crippen LogP contribution < -0.4 is 10.1 Å². The number of carbonyl (C=O) groups excluding carboxylic acids is 2. The minimum atomic E-state index is -0.559. The van der Waals surface area contributed by atoms with E-state index in [1.54, 1.807) is 42.3 Å². The number of methoxy groups -OCH3 is 1. The summed E-state index contributed by atoms with van der Waals surface area (Å²) in [5.74, 6) is -0.258. The Morgan fingerprint density at radius 2 is 1.82 bits per heavy atom. The van der Waals surface area contributed by atoms with Crippen LogP contribution in [0.4, 0.5) is 0 Å². The first kappa shape index (κ1) is 19.2. The highest BCUT2D eigenvalue weighted by atomic mass is 16.5. The summed E-state index contributed by atoms with van der Waals surface area (Å²) >= 11 is 0. The van der Waals surface area contributed by atoms with Gasteiger partial charge in [-0.1, -0.05) is 18.2 Å². The van der Waals surface area contributed by atoms with Crippen molar-refractivity contribution < 1.29 is 19.1 Å². The standard InChI is InChI=1S/C21H21N3O4/c1-15-11-12-23-24(15)18-9-7-16(8-10-18)21(26)28-14-20(25)22-13-17-5-3-4-6-19(17)27-2/h3-12H,13-14H2,1-2H3,(H,22,25). The minimum absolute atomic E-state index is 0.290. The summed E-state index contributed by atoms with van der Waals surface area (Å²) < 4.78 is 12.1. The summed E-state index contributed by atoms with van der Waals surface area (Å²) in [5, 5.41) is 6.92. The van der Waals surface area contributed by atoms with E-state index in [-0.39, 0.29) is 19.1 Å². The van der Waals surface area contributed by atoms with Crippen LogP contribution in [0, 0.1) is 6.92 Å². The van der Waals surface area contributed by atoms with Crippen LogP contribution in [-0.4, -0.2) is 35.4 Å². The molecule has 0 aliphatic rings. The van der Waals surface area contributed by atoms with Gasteiger partial charge in [0.05, 0.1) is 18.4 Å². The molecule has 1 heterocycles. The third-order valence-corrected chi connectivity index (χ3v) is 4.18. The van der Waals surface area contributed by atoms with Crippen molar-refractivity contribution in [1.29, 1.82) is 0 Å². The summed E-state index contributed by atoms with van der Waals surface area (Å²) in [4.78, 5) is 24.1. The third-order valence-electron chi connectivity index (χ3n) is 4.18. The Labute approximate surface area is 162 Å². The first-order valence-corrected chi connectivity index (χ1v) is 8.75. The number of nitrogens with zero attached hydrogens (tertiary/aromatic N) is 2. The lowest BCUT2D eigenvalue weighted by atomic mass is 10.2. The molecule has 0 radical (unpaired) electrons. The molecule has 0 bridgehead atoms. The molecule has 0 atom stereocenters. The second-order valence-corrected chi connectivity index (χ2v) is 6.10. The number of rotatable bonds is 7. The molecule has 7 nitrogen and oxygen atoms in total. The highest BCUT2D eigenvalue weighted by Gasteiger charge is 2.11. The lowest BCUT2D eigenvalue weighted by Gasteiger charge is -2.10. The average molecular weight is 379 g/mol. The molecular formula is C21H21N3O4. The molecule has 1 amide bonds. The maximum absolute atomic E-state index is 12.1. The van der Waals surface area contributed by atoms with Gasteiger partial charge in [0.25, 0.3) is 5.91 Å². The highest BCUT2D eigenvalue weighted by Crippen LogP contribution is 2.16. The second-order valence-electron chi connectivity index (χ2n) is 6.10. The molecular weight excluding hydrogens is 358 g/mol. The number of hydrogen-bond acceptors (Lipinski definition) is 5. The van der Waals surface area contributed by atoms with E-state index in [0.717, 1.165) is 16.9 Å². The molecule has 2 aromatic carbocycles. The molecule has 3 aromatic rings. The number of carbonyl (C=O) groups is 2. The number of esters is 1. The Balaban J connectivity index is 1.51. The fraction of sp³-hybridized carbons (Fsp3) is 0.190. The summed E-state index contributed by atoms with van der Waals surface area (Å²) in [5.41, 5.74) is 3.04. The molecule has 0 aliphatic heterocycles. The van der Waals surface area contributed by atoms with Crippen LogP contribution in [0.15, 0.2) is 60.8 Å². The monoisotopic (exact) mass is 379 g/mol. The maximum Gasteiger partial charge on any atom is 0.338 e. The Morgan fingerprint density at radius 3 is 2.50 bits per heavy atom. The van der Waals surface area contributed by atoms with Gasteiger partial charge in [0, 0.05) is 24.0 Å². The summed E-state index contributed by atoms with van der Waals surface area (Å²) in [7, 11) is 1.57. The molecule has 3 rings (SSSR count). The van der Waals surface area contributed by atoms with Gasteiger partial charge >= 0.3 is 5.97 Å². The normalized spacial score (nSPS) is 10.4. The van der Waals surface area contributed by atoms with Crippen LogP contribution in [0.5, 0.6) is 5.75 Å². The first-order valence-electron chi connectivity index (χ1n) is 8.75. The molecule has 28 heavy (non-hydrogen) atoms. The Bertz CT molecular complexity index is 964. The fourth-order valence-corrected chi connectivity index (χ4v) is 2.69. The number of ether oxygens (including phenoxy) is 2. The zero-order chi connectivity index (χ0) is 19.9. The molecule has 0 saturated heterocycles. The molecule has 1 aromatic heterocycles. The predicted octanol–water partition coefficient (Wildman–Crippen LogP) is 2.66. The molecule has 0 spiro atoms. The van der Waals surface area contributed by atoms with E-state index in [1.807, 2.05) is 37.3 Å². The summed E-state index contributed by atoms with van der Waals surface area (Å²) in [6.45, 7) is 1.88. The number of hydrogen-bond donors (Lipinski definition) is 1. The zero-order valence-corrected chi connectivity index (χ0v) is 15.7. The van der Waals surface area contributed by atoms with E-state index in [0.29, 0.717) is 11.3 Å². The van der Waals surface area contributed by atoms with Crippen LogP contribution in [0.25, 0.3) is 5.69 Å². The molecule has 0 unspecified atom stereocenters. The Morgan fingerprint density at radius 1 is 1.07 bits per heavy atom. The van der Waals surface area contributed by atoms with E-state index >= 15 is 0 Å². The molecule has 144 valence electrons. The van der Waals surface area contributed by atoms with Gasteiger partial charge in [0.15, 0.2) is 6.61 Å². The maximum atomic E-state index is 12.1. The quantitative estimate of drug-likeness (QED) is 0.638. The second kappa shape index (κ2) is 8.85. The van der Waals surface area contributed by atoms with Gasteiger partial charge in [-0.3, -0.25) is 4.79 Å². The van der Waals surface area contributed by atoms with E-state index < -0.39 is 5.97 Å². The lowest BCUT2D eigenvalue weighted by molar-refractivity contribution is -0.124. The fourth-order valence-electron chi connectivity index (χ4n) is 2.69. The topological polar surface area (TPSA) is 82.5 Å². The van der Waals surface area contributed by atoms with Crippen molar-refractivity contribution in [3.63, 3.8) is 0 Å². The van der Waals surface area contributed by atoms with Gasteiger partial charge in [0.1, 0.15) is 5.75 Å². The molecule has 7 heteroatoms. The number of para-hydroxylation sites is 1. The minimum Gasteiger partial charge on any atom is -0.496 e. The zero-order valence-electron chi connectivity index (χ0n) is 15.7. The third kappa shape index (κ3) is 4.56. The van der Waals surface area contributed by atoms with Crippen LogP contribution in [-0.2, 0) is 16.1 Å². The smallest absolute Gasteiger partial charge is 0.338 e. The van der Waals surface area contributed by atoms with Crippen molar-refractivity contribution >= 4 is 11.9 Å². The van der Waals surface area contributed by atoms with Crippen molar-refractivity contribution in [2.45, 2.75) is 13.5 Å². The van der Waals surface area contributed by atoms with Gasteiger partial charge in [-0.2, -0.15) is 5.10 Å². The predicted molar refractivity (Wildman–Crippen MR) is 103 cm³/mol. The largest absolute Gasteiger partial charge is 0.496 e. The molecule has 0 fully saturated rings. The van der Waals surface area contributed by atoms with E-state index in [9.17, 15) is 9.59 Å². The Kier molecular flexibility index (Phi) is 6.06. The van der Waals surface area contributed by atoms with Crippen molar-refractivity contribution in [3.8, 4) is 11.4 Å². The number of aryl methyl sites for hydroxylation is 1. The van der Waals surface area contributed by atoms with Crippen molar-refractivity contribution in [2.75, 3.05) is 13.7 Å². The molecule has 0 saturated carbocycles. The van der Waals surface area contributed by atoms with E-state index in [2.05, 4.69) is 10.4 Å². The molecule has 1 N–H and O–H groups in total. The van der Waals surface area contributed by atoms with Crippen LogP contribution in [0.3, 0.4) is 0 Å². The van der Waals surface area contributed by atoms with Gasteiger partial charge < -0.3 is 14.8 Å². The summed E-state index contributed by atoms with van der Waals surface area (Å²) in [6, 6.07) is 16.1. The lowest BCUT2D eigenvalue weighted by Crippen LogP contribution is -2.28. The van der Waals surface area contributed by atoms with Gasteiger partial charge in [-0.05, 0) is 43.3 Å². The Hall–Kier alpha value is -3.61. The average Bonchev–Trinajstić information content (AvgIpc) is 3.16. The van der Waals surface area contributed by atoms with Crippen molar-refractivity contribution in [1.82, 2.24) is 15.1 Å². The van der Waals surface area contributed by atoms with Gasteiger partial charge in [0.2, 0.25) is 0 Å². The van der Waals surface area contributed by atoms with E-state index in [4.69, 9.17) is 9.47 Å². The summed E-state index contributed by atoms with van der Waals surface area (Å²) in [6.07, 6.45) is 1.71. The number of amides is 1. The van der Waals surface area contributed by atoms with Crippen LogP contribution >= 0.6 is 0 Å². The van der Waals surface area contributed by atoms with Gasteiger partial charge in [-0.15, -0.1) is 0 Å².